The molecular weight excluding hydrogens is 304 g/mol. The first kappa shape index (κ1) is 17.7. The number of benzene rings is 1. The molecule has 1 aromatic carbocycles. The van der Waals surface area contributed by atoms with Crippen LogP contribution in [0.1, 0.15) is 38.8 Å². The molecule has 0 saturated carbocycles. The van der Waals surface area contributed by atoms with Gasteiger partial charge in [-0.25, -0.2) is 4.68 Å². The standard InChI is InChI=1S/C18H24N4O2/c1-13(2)12-22-17(9-10-19-22)21-18(24)11-16(20-14(3)23)15-7-5-4-6-8-15/h4-10,13,16H,11-12H2,1-3H3,(H,20,23)(H,21,24)/t16-/m1/s1. The summed E-state index contributed by atoms with van der Waals surface area (Å²) in [5.74, 6) is 0.768. The number of hydrogen-bond donors (Lipinski definition) is 2. The van der Waals surface area contributed by atoms with Crippen molar-refractivity contribution in [3.63, 3.8) is 0 Å². The molecule has 2 aromatic rings. The van der Waals surface area contributed by atoms with E-state index in [9.17, 15) is 9.59 Å². The third-order valence-electron chi connectivity index (χ3n) is 3.49. The number of aromatic nitrogens is 2. The van der Waals surface area contributed by atoms with Gasteiger partial charge < -0.3 is 10.6 Å². The van der Waals surface area contributed by atoms with Gasteiger partial charge in [0.1, 0.15) is 5.82 Å². The molecule has 128 valence electrons. The summed E-state index contributed by atoms with van der Waals surface area (Å²) in [5.41, 5.74) is 0.901. The topological polar surface area (TPSA) is 76.0 Å². The van der Waals surface area contributed by atoms with Gasteiger partial charge in [0, 0.05) is 19.5 Å². The molecule has 0 radical (unpaired) electrons. The highest BCUT2D eigenvalue weighted by atomic mass is 16.2. The van der Waals surface area contributed by atoms with E-state index in [0.29, 0.717) is 11.7 Å². The molecule has 6 heteroatoms. The summed E-state index contributed by atoms with van der Waals surface area (Å²) in [7, 11) is 0. The first-order chi connectivity index (χ1) is 11.5. The molecule has 0 unspecified atom stereocenters. The summed E-state index contributed by atoms with van der Waals surface area (Å²) in [4.78, 5) is 23.9. The van der Waals surface area contributed by atoms with Crippen LogP contribution in [0.25, 0.3) is 0 Å². The molecule has 0 aliphatic carbocycles. The zero-order valence-corrected chi connectivity index (χ0v) is 14.3. The highest BCUT2D eigenvalue weighted by Gasteiger charge is 2.18. The highest BCUT2D eigenvalue weighted by Crippen LogP contribution is 2.18. The Labute approximate surface area is 142 Å². The summed E-state index contributed by atoms with van der Waals surface area (Å²) >= 11 is 0. The Morgan fingerprint density at radius 1 is 1.17 bits per heavy atom. The fourth-order valence-electron chi connectivity index (χ4n) is 2.49. The van der Waals surface area contributed by atoms with Gasteiger partial charge in [0.25, 0.3) is 0 Å². The molecule has 0 saturated heterocycles. The Morgan fingerprint density at radius 2 is 1.88 bits per heavy atom. The Bertz CT molecular complexity index is 679. The van der Waals surface area contributed by atoms with Crippen LogP contribution in [0.3, 0.4) is 0 Å². The number of rotatable bonds is 7. The first-order valence-electron chi connectivity index (χ1n) is 8.09. The minimum atomic E-state index is -0.356. The first-order valence-corrected chi connectivity index (χ1v) is 8.09. The Morgan fingerprint density at radius 3 is 2.50 bits per heavy atom. The van der Waals surface area contributed by atoms with E-state index in [0.717, 1.165) is 12.1 Å². The molecule has 6 nitrogen and oxygen atoms in total. The largest absolute Gasteiger partial charge is 0.349 e. The molecule has 0 spiro atoms. The van der Waals surface area contributed by atoms with Crippen molar-refractivity contribution >= 4 is 17.6 Å². The lowest BCUT2D eigenvalue weighted by molar-refractivity contribution is -0.120. The average molecular weight is 328 g/mol. The van der Waals surface area contributed by atoms with Gasteiger partial charge in [-0.3, -0.25) is 9.59 Å². The fraction of sp³-hybridized carbons (Fsp3) is 0.389. The third-order valence-corrected chi connectivity index (χ3v) is 3.49. The molecule has 0 aliphatic rings. The van der Waals surface area contributed by atoms with Crippen molar-refractivity contribution in [1.29, 1.82) is 0 Å². The number of anilines is 1. The van der Waals surface area contributed by atoms with Crippen LogP contribution >= 0.6 is 0 Å². The Hall–Kier alpha value is -2.63. The molecule has 2 amide bonds. The molecule has 1 atom stereocenters. The SMILES string of the molecule is CC(=O)N[C@H](CC(=O)Nc1ccnn1CC(C)C)c1ccccc1. The van der Waals surface area contributed by atoms with Crippen LogP contribution in [-0.4, -0.2) is 21.6 Å². The predicted octanol–water partition coefficient (Wildman–Crippen LogP) is 2.75. The van der Waals surface area contributed by atoms with E-state index in [4.69, 9.17) is 0 Å². The van der Waals surface area contributed by atoms with E-state index in [1.807, 2.05) is 30.3 Å². The monoisotopic (exact) mass is 328 g/mol. The van der Waals surface area contributed by atoms with E-state index in [1.54, 1.807) is 16.9 Å². The van der Waals surface area contributed by atoms with E-state index in [-0.39, 0.29) is 24.3 Å². The maximum absolute atomic E-state index is 12.4. The number of hydrogen-bond acceptors (Lipinski definition) is 3. The summed E-state index contributed by atoms with van der Waals surface area (Å²) in [6, 6.07) is 10.9. The number of carbonyl (C=O) groups excluding carboxylic acids is 2. The molecule has 1 heterocycles. The zero-order chi connectivity index (χ0) is 17.5. The van der Waals surface area contributed by atoms with Gasteiger partial charge in [0.05, 0.1) is 18.7 Å². The minimum Gasteiger partial charge on any atom is -0.349 e. The smallest absolute Gasteiger partial charge is 0.227 e. The maximum atomic E-state index is 12.4. The maximum Gasteiger partial charge on any atom is 0.227 e. The average Bonchev–Trinajstić information content (AvgIpc) is 2.93. The van der Waals surface area contributed by atoms with Crippen molar-refractivity contribution in [2.75, 3.05) is 5.32 Å². The summed E-state index contributed by atoms with van der Waals surface area (Å²) < 4.78 is 1.78. The quantitative estimate of drug-likeness (QED) is 0.820. The lowest BCUT2D eigenvalue weighted by Gasteiger charge is -2.18. The molecule has 0 bridgehead atoms. The van der Waals surface area contributed by atoms with Crippen molar-refractivity contribution in [3.05, 3.63) is 48.2 Å². The molecule has 0 aliphatic heterocycles. The molecule has 2 rings (SSSR count). The zero-order valence-electron chi connectivity index (χ0n) is 14.3. The van der Waals surface area contributed by atoms with Crippen LogP contribution in [0.4, 0.5) is 5.82 Å². The summed E-state index contributed by atoms with van der Waals surface area (Å²) in [5, 5.41) is 9.94. The van der Waals surface area contributed by atoms with Gasteiger partial charge in [0.15, 0.2) is 0 Å². The second kappa shape index (κ2) is 8.29. The number of amides is 2. The lowest BCUT2D eigenvalue weighted by atomic mass is 10.0. The Kier molecular flexibility index (Phi) is 6.12. The normalized spacial score (nSPS) is 12.0. The highest BCUT2D eigenvalue weighted by molar-refractivity contribution is 5.90. The van der Waals surface area contributed by atoms with Gasteiger partial charge in [-0.15, -0.1) is 0 Å². The van der Waals surface area contributed by atoms with Gasteiger partial charge in [0.2, 0.25) is 11.8 Å². The minimum absolute atomic E-state index is 0.163. The van der Waals surface area contributed by atoms with Crippen LogP contribution in [-0.2, 0) is 16.1 Å². The molecular formula is C18H24N4O2. The lowest BCUT2D eigenvalue weighted by Crippen LogP contribution is -2.30. The number of nitrogens with one attached hydrogen (secondary N) is 2. The van der Waals surface area contributed by atoms with Crippen molar-refractivity contribution in [2.45, 2.75) is 39.8 Å². The molecule has 2 N–H and O–H groups in total. The Balaban J connectivity index is 2.05. The van der Waals surface area contributed by atoms with Gasteiger partial charge in [-0.1, -0.05) is 44.2 Å². The van der Waals surface area contributed by atoms with E-state index >= 15 is 0 Å². The fourth-order valence-corrected chi connectivity index (χ4v) is 2.49. The van der Waals surface area contributed by atoms with Gasteiger partial charge >= 0.3 is 0 Å². The number of carbonyl (C=O) groups is 2. The van der Waals surface area contributed by atoms with Crippen LogP contribution in [0.15, 0.2) is 42.6 Å². The van der Waals surface area contributed by atoms with Gasteiger partial charge in [-0.2, -0.15) is 5.10 Å². The van der Waals surface area contributed by atoms with Crippen molar-refractivity contribution in [1.82, 2.24) is 15.1 Å². The molecule has 1 aromatic heterocycles. The van der Waals surface area contributed by atoms with Crippen molar-refractivity contribution in [3.8, 4) is 0 Å². The second-order valence-electron chi connectivity index (χ2n) is 6.21. The third kappa shape index (κ3) is 5.22. The van der Waals surface area contributed by atoms with Crippen LogP contribution < -0.4 is 10.6 Å². The van der Waals surface area contributed by atoms with Gasteiger partial charge in [-0.05, 0) is 11.5 Å². The molecule has 0 fully saturated rings. The van der Waals surface area contributed by atoms with Crippen LogP contribution in [0, 0.1) is 5.92 Å². The van der Waals surface area contributed by atoms with Crippen molar-refractivity contribution < 1.29 is 9.59 Å². The van der Waals surface area contributed by atoms with Crippen LogP contribution in [0.2, 0.25) is 0 Å². The van der Waals surface area contributed by atoms with E-state index < -0.39 is 0 Å². The summed E-state index contributed by atoms with van der Waals surface area (Å²) in [6.07, 6.45) is 1.83. The predicted molar refractivity (Wildman–Crippen MR) is 93.3 cm³/mol. The van der Waals surface area contributed by atoms with Crippen molar-refractivity contribution in [2.24, 2.45) is 5.92 Å². The number of nitrogens with zero attached hydrogens (tertiary/aromatic N) is 2. The van der Waals surface area contributed by atoms with E-state index in [2.05, 4.69) is 29.6 Å². The second-order valence-corrected chi connectivity index (χ2v) is 6.21. The molecule has 24 heavy (non-hydrogen) atoms. The van der Waals surface area contributed by atoms with Crippen LogP contribution in [0.5, 0.6) is 0 Å². The van der Waals surface area contributed by atoms with E-state index in [1.165, 1.54) is 6.92 Å². The summed E-state index contributed by atoms with van der Waals surface area (Å²) in [6.45, 7) is 6.37.